The molecular weight excluding hydrogens is 383 g/mol. The van der Waals surface area contributed by atoms with E-state index in [1.54, 1.807) is 6.20 Å². The second-order valence-electron chi connectivity index (χ2n) is 7.11. The minimum absolute atomic E-state index is 0.0441. The fraction of sp³-hybridized carbons (Fsp3) is 0.471. The summed E-state index contributed by atoms with van der Waals surface area (Å²) in [5.41, 5.74) is 2.80. The largest absolute Gasteiger partial charge is 0.345 e. The first kappa shape index (κ1) is 18.5. The highest BCUT2D eigenvalue weighted by atomic mass is 35.6. The van der Waals surface area contributed by atoms with Gasteiger partial charge in [0.1, 0.15) is 0 Å². The van der Waals surface area contributed by atoms with Crippen molar-refractivity contribution in [1.82, 2.24) is 20.1 Å². The molecule has 2 aromatic rings. The molecule has 1 aliphatic carbocycles. The molecule has 0 radical (unpaired) electrons. The summed E-state index contributed by atoms with van der Waals surface area (Å²) >= 11 is 17.2. The Hall–Kier alpha value is -1.30. The molecule has 0 aliphatic heterocycles. The van der Waals surface area contributed by atoms with Crippen LogP contribution in [0.3, 0.4) is 0 Å². The number of hydrogen-bond acceptors (Lipinski definition) is 3. The van der Waals surface area contributed by atoms with Gasteiger partial charge >= 0.3 is 0 Å². The van der Waals surface area contributed by atoms with Gasteiger partial charge in [-0.3, -0.25) is 4.79 Å². The van der Waals surface area contributed by atoms with Crippen molar-refractivity contribution in [1.29, 1.82) is 0 Å². The Labute approximate surface area is 161 Å². The maximum atomic E-state index is 12.2. The summed E-state index contributed by atoms with van der Waals surface area (Å²) in [6, 6.07) is 5.42. The summed E-state index contributed by atoms with van der Waals surface area (Å²) in [5, 5.41) is 7.52. The molecule has 3 rings (SSSR count). The Morgan fingerprint density at radius 3 is 2.68 bits per heavy atom. The molecule has 134 valence electrons. The molecule has 5 nitrogen and oxygen atoms in total. The van der Waals surface area contributed by atoms with Crippen LogP contribution in [-0.4, -0.2) is 24.5 Å². The number of aryl methyl sites for hydroxylation is 1. The van der Waals surface area contributed by atoms with Crippen LogP contribution in [0.1, 0.15) is 43.3 Å². The molecule has 0 spiro atoms. The van der Waals surface area contributed by atoms with Gasteiger partial charge in [0.05, 0.1) is 17.4 Å². The monoisotopic (exact) mass is 400 g/mol. The molecule has 1 atom stereocenters. The van der Waals surface area contributed by atoms with E-state index in [0.29, 0.717) is 0 Å². The maximum absolute atomic E-state index is 12.2. The van der Waals surface area contributed by atoms with E-state index in [1.165, 1.54) is 0 Å². The Balaban J connectivity index is 2.06. The number of pyridine rings is 1. The summed E-state index contributed by atoms with van der Waals surface area (Å²) in [5.74, 6) is 0.118. The molecule has 0 bridgehead atoms. The first-order chi connectivity index (χ1) is 11.6. The molecule has 2 aromatic heterocycles. The Kier molecular flexibility index (Phi) is 4.77. The first-order valence-electron chi connectivity index (χ1n) is 7.96. The molecule has 1 unspecified atom stereocenters. The van der Waals surface area contributed by atoms with Gasteiger partial charge in [-0.25, -0.2) is 9.67 Å². The molecule has 8 heteroatoms. The molecule has 0 saturated heterocycles. The topological polar surface area (TPSA) is 59.8 Å². The van der Waals surface area contributed by atoms with Gasteiger partial charge in [0, 0.05) is 11.8 Å². The number of nitrogens with one attached hydrogen (secondary N) is 1. The third-order valence-corrected chi connectivity index (χ3v) is 4.90. The van der Waals surface area contributed by atoms with Gasteiger partial charge in [0.25, 0.3) is 9.70 Å². The average Bonchev–Trinajstić information content (AvgIpc) is 2.82. The molecule has 0 aromatic carbocycles. The van der Waals surface area contributed by atoms with E-state index in [-0.39, 0.29) is 11.5 Å². The van der Waals surface area contributed by atoms with Crippen molar-refractivity contribution in [2.45, 2.75) is 43.4 Å². The van der Waals surface area contributed by atoms with Crippen LogP contribution in [-0.2, 0) is 11.2 Å². The lowest BCUT2D eigenvalue weighted by Crippen LogP contribution is -2.41. The second-order valence-corrected chi connectivity index (χ2v) is 9.40. The van der Waals surface area contributed by atoms with Crippen molar-refractivity contribution in [3.63, 3.8) is 0 Å². The number of fused-ring (bicyclic) bond motifs is 1. The zero-order valence-electron chi connectivity index (χ0n) is 14.2. The molecule has 0 saturated carbocycles. The van der Waals surface area contributed by atoms with Crippen LogP contribution in [0.2, 0.25) is 0 Å². The minimum Gasteiger partial charge on any atom is -0.345 e. The first-order valence-corrected chi connectivity index (χ1v) is 9.09. The Morgan fingerprint density at radius 1 is 1.36 bits per heavy atom. The summed E-state index contributed by atoms with van der Waals surface area (Å²) in [6.07, 6.45) is 3.29. The summed E-state index contributed by atoms with van der Waals surface area (Å²) in [4.78, 5) is 16.6. The quantitative estimate of drug-likeness (QED) is 0.772. The fourth-order valence-corrected chi connectivity index (χ4v) is 3.59. The van der Waals surface area contributed by atoms with E-state index in [1.807, 2.05) is 29.8 Å². The number of carbonyl (C=O) groups excluding carboxylic acids is 1. The lowest BCUT2D eigenvalue weighted by atomic mass is 9.73. The normalized spacial score (nSPS) is 19.4. The summed E-state index contributed by atoms with van der Waals surface area (Å²) < 4.78 is -0.146. The van der Waals surface area contributed by atoms with Gasteiger partial charge in [-0.1, -0.05) is 54.7 Å². The van der Waals surface area contributed by atoms with Gasteiger partial charge in [0.2, 0.25) is 0 Å². The van der Waals surface area contributed by atoms with E-state index >= 15 is 0 Å². The molecule has 2 heterocycles. The molecule has 1 aliphatic rings. The van der Waals surface area contributed by atoms with E-state index in [2.05, 4.69) is 29.2 Å². The van der Waals surface area contributed by atoms with Gasteiger partial charge in [-0.05, 0) is 37.3 Å². The summed E-state index contributed by atoms with van der Waals surface area (Å²) in [7, 11) is 0. The van der Waals surface area contributed by atoms with Crippen molar-refractivity contribution >= 4 is 40.7 Å². The van der Waals surface area contributed by atoms with Gasteiger partial charge in [-0.15, -0.1) is 0 Å². The van der Waals surface area contributed by atoms with E-state index < -0.39 is 9.70 Å². The van der Waals surface area contributed by atoms with Crippen LogP contribution in [0.25, 0.3) is 5.82 Å². The number of halogens is 3. The predicted molar refractivity (Wildman–Crippen MR) is 99.4 cm³/mol. The van der Waals surface area contributed by atoms with Crippen molar-refractivity contribution in [2.24, 2.45) is 5.41 Å². The highest BCUT2D eigenvalue weighted by Gasteiger charge is 2.40. The standard InChI is InChI=1S/C17H19Cl3N4O/c1-10-14-11(22-15(25)17(18,19)20)8-16(2,3)9-12(14)24(23-10)13-6-4-5-7-21-13/h4-7,11H,8-9H2,1-3H3,(H,22,25). The number of nitrogens with zero attached hydrogens (tertiary/aromatic N) is 3. The highest BCUT2D eigenvalue weighted by molar-refractivity contribution is 6.76. The van der Waals surface area contributed by atoms with Crippen molar-refractivity contribution in [2.75, 3.05) is 0 Å². The van der Waals surface area contributed by atoms with Crippen LogP contribution in [0.15, 0.2) is 24.4 Å². The maximum Gasteiger partial charge on any atom is 0.272 e. The van der Waals surface area contributed by atoms with E-state index in [0.717, 1.165) is 35.6 Å². The van der Waals surface area contributed by atoms with E-state index in [9.17, 15) is 4.79 Å². The van der Waals surface area contributed by atoms with E-state index in [4.69, 9.17) is 34.8 Å². The molecular formula is C17H19Cl3N4O. The van der Waals surface area contributed by atoms with Crippen LogP contribution >= 0.6 is 34.8 Å². The molecule has 1 N–H and O–H groups in total. The SMILES string of the molecule is Cc1nn(-c2ccccn2)c2c1C(NC(=O)C(Cl)(Cl)Cl)CC(C)(C)C2. The van der Waals surface area contributed by atoms with Crippen molar-refractivity contribution < 1.29 is 4.79 Å². The zero-order chi connectivity index (χ0) is 18.4. The Bertz CT molecular complexity index is 796. The number of alkyl halides is 3. The van der Waals surface area contributed by atoms with Gasteiger partial charge in [0.15, 0.2) is 5.82 Å². The third-order valence-electron chi connectivity index (χ3n) is 4.39. The number of rotatable bonds is 2. The fourth-order valence-electron chi connectivity index (χ4n) is 3.42. The van der Waals surface area contributed by atoms with Gasteiger partial charge in [-0.2, -0.15) is 5.10 Å². The van der Waals surface area contributed by atoms with Crippen LogP contribution in [0.4, 0.5) is 0 Å². The summed E-state index contributed by atoms with van der Waals surface area (Å²) in [6.45, 7) is 6.22. The van der Waals surface area contributed by atoms with Crippen molar-refractivity contribution in [3.8, 4) is 5.82 Å². The molecule has 0 fully saturated rings. The lowest BCUT2D eigenvalue weighted by molar-refractivity contribution is -0.121. The van der Waals surface area contributed by atoms with Gasteiger partial charge < -0.3 is 5.32 Å². The number of carbonyl (C=O) groups is 1. The second kappa shape index (κ2) is 6.45. The number of amides is 1. The van der Waals surface area contributed by atoms with Crippen LogP contribution < -0.4 is 5.32 Å². The third kappa shape index (κ3) is 3.78. The van der Waals surface area contributed by atoms with Crippen LogP contribution in [0.5, 0.6) is 0 Å². The molecule has 25 heavy (non-hydrogen) atoms. The highest BCUT2D eigenvalue weighted by Crippen LogP contribution is 2.43. The van der Waals surface area contributed by atoms with Crippen LogP contribution in [0, 0.1) is 12.3 Å². The predicted octanol–water partition coefficient (Wildman–Crippen LogP) is 4.08. The smallest absolute Gasteiger partial charge is 0.272 e. The average molecular weight is 402 g/mol. The van der Waals surface area contributed by atoms with Crippen molar-refractivity contribution in [3.05, 3.63) is 41.3 Å². The lowest BCUT2D eigenvalue weighted by Gasteiger charge is -2.36. The number of aromatic nitrogens is 3. The zero-order valence-corrected chi connectivity index (χ0v) is 16.5. The molecule has 1 amide bonds. The Morgan fingerprint density at radius 2 is 2.08 bits per heavy atom. The minimum atomic E-state index is -1.99. The number of hydrogen-bond donors (Lipinski definition) is 1.